The minimum atomic E-state index is -0.295. The van der Waals surface area contributed by atoms with Crippen molar-refractivity contribution in [2.24, 2.45) is 5.73 Å². The third kappa shape index (κ3) is 1.72. The van der Waals surface area contributed by atoms with Crippen LogP contribution < -0.4 is 5.73 Å². The molecule has 0 aromatic carbocycles. The third-order valence-corrected chi connectivity index (χ3v) is 1.96. The highest BCUT2D eigenvalue weighted by atomic mass is 32.1. The molecule has 72 valence electrons. The summed E-state index contributed by atoms with van der Waals surface area (Å²) in [5.74, 6) is -0.295. The number of thiocarbonyl (C=S) groups is 1. The topological polar surface area (TPSA) is 43.3 Å². The summed E-state index contributed by atoms with van der Waals surface area (Å²) >= 11 is 4.76. The van der Waals surface area contributed by atoms with Crippen LogP contribution >= 0.6 is 12.2 Å². The minimum Gasteiger partial charge on any atom is -0.393 e. The maximum Gasteiger partial charge on any atom is 0.139 e. The number of rotatable bonds is 2. The summed E-state index contributed by atoms with van der Waals surface area (Å²) in [5.41, 5.74) is 6.83. The molecule has 2 rings (SSSR count). The Morgan fingerprint density at radius 2 is 2.29 bits per heavy atom. The predicted molar refractivity (Wildman–Crippen MR) is 55.6 cm³/mol. The quantitative estimate of drug-likeness (QED) is 0.758. The van der Waals surface area contributed by atoms with Crippen molar-refractivity contribution in [3.8, 4) is 0 Å². The van der Waals surface area contributed by atoms with E-state index in [-0.39, 0.29) is 5.82 Å². The molecule has 2 aromatic heterocycles. The number of imidazole rings is 1. The fourth-order valence-electron chi connectivity index (χ4n) is 1.28. The summed E-state index contributed by atoms with van der Waals surface area (Å²) in [7, 11) is 0. The lowest BCUT2D eigenvalue weighted by atomic mass is 10.3. The molecule has 0 aliphatic rings. The minimum absolute atomic E-state index is 0.295. The zero-order valence-corrected chi connectivity index (χ0v) is 8.09. The summed E-state index contributed by atoms with van der Waals surface area (Å²) in [5, 5.41) is 0. The lowest BCUT2D eigenvalue weighted by Gasteiger charge is -1.90. The van der Waals surface area contributed by atoms with E-state index in [4.69, 9.17) is 18.0 Å². The largest absolute Gasteiger partial charge is 0.393 e. The first-order valence-electron chi connectivity index (χ1n) is 4.06. The van der Waals surface area contributed by atoms with Crippen LogP contribution in [0.5, 0.6) is 0 Å². The van der Waals surface area contributed by atoms with Gasteiger partial charge in [0.2, 0.25) is 0 Å². The van der Waals surface area contributed by atoms with Crippen molar-refractivity contribution in [2.75, 3.05) is 0 Å². The van der Waals surface area contributed by atoms with Gasteiger partial charge in [-0.15, -0.1) is 0 Å². The maximum atomic E-state index is 12.8. The van der Waals surface area contributed by atoms with Crippen molar-refractivity contribution in [2.45, 2.75) is 6.42 Å². The molecule has 14 heavy (non-hydrogen) atoms. The SMILES string of the molecule is NC(=S)Cc1cn2cc(F)ccc2n1. The maximum absolute atomic E-state index is 12.8. The van der Waals surface area contributed by atoms with E-state index in [2.05, 4.69) is 4.98 Å². The van der Waals surface area contributed by atoms with Gasteiger partial charge in [0.05, 0.1) is 10.7 Å². The van der Waals surface area contributed by atoms with Gasteiger partial charge in [-0.3, -0.25) is 0 Å². The highest BCUT2D eigenvalue weighted by molar-refractivity contribution is 7.80. The van der Waals surface area contributed by atoms with Crippen molar-refractivity contribution in [3.05, 3.63) is 36.0 Å². The zero-order chi connectivity index (χ0) is 10.1. The van der Waals surface area contributed by atoms with Crippen LogP contribution in [0.3, 0.4) is 0 Å². The first kappa shape index (κ1) is 9.08. The van der Waals surface area contributed by atoms with Crippen LogP contribution in [0.15, 0.2) is 24.5 Å². The molecule has 0 amide bonds. The lowest BCUT2D eigenvalue weighted by molar-refractivity contribution is 0.619. The Bertz CT molecular complexity index is 492. The number of hydrogen-bond donors (Lipinski definition) is 1. The molecule has 0 radical (unpaired) electrons. The van der Waals surface area contributed by atoms with E-state index in [0.29, 0.717) is 17.1 Å². The molecule has 0 unspecified atom stereocenters. The van der Waals surface area contributed by atoms with Crippen LogP contribution in [0.2, 0.25) is 0 Å². The Hall–Kier alpha value is -1.49. The molecule has 0 atom stereocenters. The fourth-order valence-corrected chi connectivity index (χ4v) is 1.43. The van der Waals surface area contributed by atoms with Gasteiger partial charge < -0.3 is 10.1 Å². The second-order valence-corrected chi connectivity index (χ2v) is 3.51. The Balaban J connectivity index is 2.46. The summed E-state index contributed by atoms with van der Waals surface area (Å²) in [6.07, 6.45) is 3.53. The van der Waals surface area contributed by atoms with Crippen molar-refractivity contribution in [1.82, 2.24) is 9.38 Å². The Kier molecular flexibility index (Phi) is 2.17. The fraction of sp³-hybridized carbons (Fsp3) is 0.111. The molecule has 0 bridgehead atoms. The highest BCUT2D eigenvalue weighted by Gasteiger charge is 2.02. The number of fused-ring (bicyclic) bond motifs is 1. The monoisotopic (exact) mass is 209 g/mol. The molecule has 0 fully saturated rings. The predicted octanol–water partition coefficient (Wildman–Crippen LogP) is 1.30. The second kappa shape index (κ2) is 3.34. The van der Waals surface area contributed by atoms with Crippen LogP contribution in [-0.2, 0) is 6.42 Å². The summed E-state index contributed by atoms with van der Waals surface area (Å²) in [6, 6.07) is 2.98. The number of hydrogen-bond acceptors (Lipinski definition) is 2. The van der Waals surface area contributed by atoms with E-state index >= 15 is 0 Å². The molecule has 2 aromatic rings. The number of aromatic nitrogens is 2. The van der Waals surface area contributed by atoms with Gasteiger partial charge in [-0.2, -0.15) is 0 Å². The van der Waals surface area contributed by atoms with Crippen molar-refractivity contribution in [3.63, 3.8) is 0 Å². The van der Waals surface area contributed by atoms with Gasteiger partial charge in [0.25, 0.3) is 0 Å². The Morgan fingerprint density at radius 1 is 1.50 bits per heavy atom. The smallest absolute Gasteiger partial charge is 0.139 e. The normalized spacial score (nSPS) is 10.6. The average Bonchev–Trinajstić information content (AvgIpc) is 2.44. The first-order valence-corrected chi connectivity index (χ1v) is 4.47. The van der Waals surface area contributed by atoms with Gasteiger partial charge in [0, 0.05) is 18.8 Å². The van der Waals surface area contributed by atoms with E-state index in [0.717, 1.165) is 5.69 Å². The molecular weight excluding hydrogens is 201 g/mol. The number of nitrogens with two attached hydrogens (primary N) is 1. The standard InChI is InChI=1S/C9H8FN3S/c10-6-1-2-9-12-7(3-8(11)14)5-13(9)4-6/h1-2,4-5H,3H2,(H2,11,14). The van der Waals surface area contributed by atoms with Gasteiger partial charge in [-0.05, 0) is 12.1 Å². The average molecular weight is 209 g/mol. The van der Waals surface area contributed by atoms with E-state index in [9.17, 15) is 4.39 Å². The molecule has 2 heterocycles. The van der Waals surface area contributed by atoms with Crippen molar-refractivity contribution >= 4 is 22.9 Å². The van der Waals surface area contributed by atoms with E-state index in [1.165, 1.54) is 12.3 Å². The molecular formula is C9H8FN3S. The molecule has 2 N–H and O–H groups in total. The number of halogens is 1. The summed E-state index contributed by atoms with van der Waals surface area (Å²) in [6.45, 7) is 0. The molecule has 5 heteroatoms. The van der Waals surface area contributed by atoms with Crippen LogP contribution in [0, 0.1) is 5.82 Å². The van der Waals surface area contributed by atoms with Crippen LogP contribution in [0.4, 0.5) is 4.39 Å². The van der Waals surface area contributed by atoms with Gasteiger partial charge in [-0.1, -0.05) is 12.2 Å². The third-order valence-electron chi connectivity index (χ3n) is 1.82. The van der Waals surface area contributed by atoms with Crippen LogP contribution in [0.25, 0.3) is 5.65 Å². The second-order valence-electron chi connectivity index (χ2n) is 2.99. The summed E-state index contributed by atoms with van der Waals surface area (Å²) < 4.78 is 14.4. The lowest BCUT2D eigenvalue weighted by Crippen LogP contribution is -2.11. The van der Waals surface area contributed by atoms with Crippen molar-refractivity contribution < 1.29 is 4.39 Å². The van der Waals surface area contributed by atoms with Gasteiger partial charge >= 0.3 is 0 Å². The molecule has 0 spiro atoms. The Labute approximate surface area is 85.4 Å². The van der Waals surface area contributed by atoms with E-state index in [1.807, 2.05) is 0 Å². The van der Waals surface area contributed by atoms with E-state index in [1.54, 1.807) is 16.7 Å². The Morgan fingerprint density at radius 3 is 3.00 bits per heavy atom. The van der Waals surface area contributed by atoms with Crippen LogP contribution in [0.1, 0.15) is 5.69 Å². The number of nitrogens with zero attached hydrogens (tertiary/aromatic N) is 2. The van der Waals surface area contributed by atoms with Gasteiger partial charge in [0.1, 0.15) is 11.5 Å². The first-order chi connectivity index (χ1) is 6.65. The number of pyridine rings is 1. The molecule has 0 aliphatic heterocycles. The van der Waals surface area contributed by atoms with Gasteiger partial charge in [0.15, 0.2) is 0 Å². The van der Waals surface area contributed by atoms with Crippen LogP contribution in [-0.4, -0.2) is 14.4 Å². The zero-order valence-electron chi connectivity index (χ0n) is 7.27. The molecule has 0 aliphatic carbocycles. The van der Waals surface area contributed by atoms with Crippen molar-refractivity contribution in [1.29, 1.82) is 0 Å². The van der Waals surface area contributed by atoms with Gasteiger partial charge in [-0.25, -0.2) is 9.37 Å². The van der Waals surface area contributed by atoms with E-state index < -0.39 is 0 Å². The molecule has 3 nitrogen and oxygen atoms in total. The molecule has 0 saturated carbocycles. The molecule has 0 saturated heterocycles. The highest BCUT2D eigenvalue weighted by Crippen LogP contribution is 2.07. The summed E-state index contributed by atoms with van der Waals surface area (Å²) in [4.78, 5) is 4.61.